The van der Waals surface area contributed by atoms with E-state index in [0.717, 1.165) is 12.4 Å². The Hall–Kier alpha value is -1.48. The second-order valence-corrected chi connectivity index (χ2v) is 2.18. The molecule has 0 N–H and O–H groups in total. The molecule has 0 saturated carbocycles. The Labute approximate surface area is 70.8 Å². The van der Waals surface area contributed by atoms with Crippen molar-refractivity contribution in [1.82, 2.24) is 20.2 Å². The molecule has 5 nitrogen and oxygen atoms in total. The van der Waals surface area contributed by atoms with Crippen LogP contribution in [0.15, 0.2) is 11.6 Å². The molecule has 0 atom stereocenters. The van der Waals surface area contributed by atoms with Crippen LogP contribution in [0.1, 0.15) is 12.7 Å². The summed E-state index contributed by atoms with van der Waals surface area (Å²) < 4.78 is 0. The number of tetrazole rings is 1. The number of hydrogen-bond donors (Lipinski definition) is 0. The highest BCUT2D eigenvalue weighted by Crippen LogP contribution is 1.88. The fourth-order valence-electron chi connectivity index (χ4n) is 0.745. The molecular weight excluding hydrogens is 154 g/mol. The van der Waals surface area contributed by atoms with E-state index in [2.05, 4.69) is 32.9 Å². The van der Waals surface area contributed by atoms with Crippen LogP contribution in [-0.4, -0.2) is 32.6 Å². The van der Waals surface area contributed by atoms with Crippen LogP contribution in [0.4, 0.5) is 0 Å². The highest BCUT2D eigenvalue weighted by atomic mass is 15.6. The monoisotopic (exact) mass is 165 g/mol. The van der Waals surface area contributed by atoms with Gasteiger partial charge in [0, 0.05) is 6.42 Å². The molecule has 0 aliphatic rings. The molecule has 1 aromatic rings. The van der Waals surface area contributed by atoms with Gasteiger partial charge in [0.05, 0.1) is 13.1 Å². The molecule has 1 aromatic heterocycles. The number of nitrogens with zero attached hydrogens (tertiary/aromatic N) is 5. The van der Waals surface area contributed by atoms with Crippen molar-refractivity contribution in [2.24, 2.45) is 4.99 Å². The highest BCUT2D eigenvalue weighted by molar-refractivity contribution is 5.46. The summed E-state index contributed by atoms with van der Waals surface area (Å²) in [6.45, 7) is 6.70. The van der Waals surface area contributed by atoms with Crippen molar-refractivity contribution in [3.8, 4) is 0 Å². The van der Waals surface area contributed by atoms with Crippen LogP contribution in [-0.2, 0) is 13.0 Å². The summed E-state index contributed by atoms with van der Waals surface area (Å²) in [5.41, 5.74) is 0. The first-order chi connectivity index (χ1) is 5.86. The van der Waals surface area contributed by atoms with Gasteiger partial charge >= 0.3 is 0 Å². The molecule has 0 aromatic carbocycles. The van der Waals surface area contributed by atoms with E-state index in [1.165, 1.54) is 0 Å². The SMILES string of the molecule is C=C=NCCc1nnn(CC)n1. The summed E-state index contributed by atoms with van der Waals surface area (Å²) in [6.07, 6.45) is 0.697. The van der Waals surface area contributed by atoms with Crippen molar-refractivity contribution in [3.05, 3.63) is 12.4 Å². The normalized spacial score (nSPS) is 9.42. The lowest BCUT2D eigenvalue weighted by atomic mass is 10.4. The van der Waals surface area contributed by atoms with Crippen molar-refractivity contribution in [3.63, 3.8) is 0 Å². The van der Waals surface area contributed by atoms with Gasteiger partial charge in [-0.25, -0.2) is 4.99 Å². The van der Waals surface area contributed by atoms with Crippen molar-refractivity contribution in [2.45, 2.75) is 19.9 Å². The number of aryl methyl sites for hydroxylation is 1. The zero-order chi connectivity index (χ0) is 8.81. The van der Waals surface area contributed by atoms with Gasteiger partial charge in [0.15, 0.2) is 5.82 Å². The van der Waals surface area contributed by atoms with Crippen molar-refractivity contribution < 1.29 is 0 Å². The van der Waals surface area contributed by atoms with E-state index in [-0.39, 0.29) is 0 Å². The minimum Gasteiger partial charge on any atom is -0.243 e. The first kappa shape index (κ1) is 8.62. The van der Waals surface area contributed by atoms with Gasteiger partial charge in [-0.2, -0.15) is 4.80 Å². The van der Waals surface area contributed by atoms with E-state index in [9.17, 15) is 0 Å². The first-order valence-electron chi connectivity index (χ1n) is 3.82. The van der Waals surface area contributed by atoms with E-state index in [1.807, 2.05) is 6.92 Å². The Bertz CT molecular complexity index is 284. The van der Waals surface area contributed by atoms with Gasteiger partial charge in [0.2, 0.25) is 0 Å². The Balaban J connectivity index is 2.46. The molecular formula is C7H11N5. The molecule has 0 unspecified atom stereocenters. The van der Waals surface area contributed by atoms with Crippen molar-refractivity contribution >= 4 is 5.87 Å². The van der Waals surface area contributed by atoms with Gasteiger partial charge in [-0.3, -0.25) is 0 Å². The first-order valence-corrected chi connectivity index (χ1v) is 3.82. The third-order valence-corrected chi connectivity index (χ3v) is 1.34. The van der Waals surface area contributed by atoms with Crippen LogP contribution in [0.2, 0.25) is 0 Å². The number of hydrogen-bond acceptors (Lipinski definition) is 4. The van der Waals surface area contributed by atoms with Gasteiger partial charge < -0.3 is 0 Å². The summed E-state index contributed by atoms with van der Waals surface area (Å²) in [7, 11) is 0. The van der Waals surface area contributed by atoms with Crippen LogP contribution in [0.25, 0.3) is 0 Å². The van der Waals surface area contributed by atoms with E-state index in [4.69, 9.17) is 0 Å². The molecule has 0 bridgehead atoms. The average molecular weight is 165 g/mol. The molecule has 5 heteroatoms. The third kappa shape index (κ3) is 2.29. The van der Waals surface area contributed by atoms with Gasteiger partial charge in [0.1, 0.15) is 0 Å². The quantitative estimate of drug-likeness (QED) is 0.594. The zero-order valence-electron chi connectivity index (χ0n) is 7.06. The van der Waals surface area contributed by atoms with Gasteiger partial charge in [-0.05, 0) is 24.6 Å². The maximum atomic E-state index is 4.09. The minimum absolute atomic E-state index is 0.624. The number of aromatic nitrogens is 4. The average Bonchev–Trinajstić information content (AvgIpc) is 2.53. The Morgan fingerprint density at radius 1 is 1.67 bits per heavy atom. The molecule has 0 aliphatic carbocycles. The molecule has 0 fully saturated rings. The van der Waals surface area contributed by atoms with Gasteiger partial charge in [0.25, 0.3) is 0 Å². The molecule has 12 heavy (non-hydrogen) atoms. The Morgan fingerprint density at radius 3 is 3.08 bits per heavy atom. The fourth-order valence-corrected chi connectivity index (χ4v) is 0.745. The lowest BCUT2D eigenvalue weighted by molar-refractivity contribution is 0.550. The predicted molar refractivity (Wildman–Crippen MR) is 45.1 cm³/mol. The summed E-state index contributed by atoms with van der Waals surface area (Å²) in [5, 5.41) is 11.7. The van der Waals surface area contributed by atoms with Gasteiger partial charge in [-0.1, -0.05) is 0 Å². The van der Waals surface area contributed by atoms with E-state index < -0.39 is 0 Å². The van der Waals surface area contributed by atoms with Crippen LogP contribution in [0.5, 0.6) is 0 Å². The highest BCUT2D eigenvalue weighted by Gasteiger charge is 1.98. The summed E-state index contributed by atoms with van der Waals surface area (Å²) >= 11 is 0. The van der Waals surface area contributed by atoms with Crippen LogP contribution in [0.3, 0.4) is 0 Å². The molecule has 64 valence electrons. The lowest BCUT2D eigenvalue weighted by Crippen LogP contribution is -1.99. The topological polar surface area (TPSA) is 56.0 Å². The Morgan fingerprint density at radius 2 is 2.50 bits per heavy atom. The number of rotatable bonds is 4. The van der Waals surface area contributed by atoms with Crippen LogP contribution >= 0.6 is 0 Å². The smallest absolute Gasteiger partial charge is 0.176 e. The van der Waals surface area contributed by atoms with Crippen molar-refractivity contribution in [2.75, 3.05) is 6.54 Å². The van der Waals surface area contributed by atoms with E-state index in [0.29, 0.717) is 13.0 Å². The van der Waals surface area contributed by atoms with Gasteiger partial charge in [-0.15, -0.1) is 10.2 Å². The van der Waals surface area contributed by atoms with Crippen LogP contribution in [0, 0.1) is 0 Å². The molecule has 0 radical (unpaired) electrons. The standard InChI is InChI=1S/C7H11N5/c1-3-8-6-5-7-9-11-12(4-2)10-7/h1,4-6H2,2H3. The maximum absolute atomic E-state index is 4.09. The molecule has 0 spiro atoms. The van der Waals surface area contributed by atoms with E-state index in [1.54, 1.807) is 4.80 Å². The van der Waals surface area contributed by atoms with Crippen LogP contribution < -0.4 is 0 Å². The molecule has 0 aliphatic heterocycles. The zero-order valence-corrected chi connectivity index (χ0v) is 7.06. The largest absolute Gasteiger partial charge is 0.243 e. The second-order valence-electron chi connectivity index (χ2n) is 2.18. The molecule has 1 rings (SSSR count). The predicted octanol–water partition coefficient (Wildman–Crippen LogP) is 0.0912. The summed E-state index contributed by atoms with van der Waals surface area (Å²) in [4.78, 5) is 5.37. The third-order valence-electron chi connectivity index (χ3n) is 1.34. The van der Waals surface area contributed by atoms with E-state index >= 15 is 0 Å². The second kappa shape index (κ2) is 4.41. The Kier molecular flexibility index (Phi) is 3.17. The minimum atomic E-state index is 0.624. The molecule has 0 amide bonds. The van der Waals surface area contributed by atoms with Crippen molar-refractivity contribution in [1.29, 1.82) is 0 Å². The maximum Gasteiger partial charge on any atom is 0.176 e. The summed E-state index contributed by atoms with van der Waals surface area (Å²) in [5.74, 6) is 3.17. The molecule has 0 saturated heterocycles. The fraction of sp³-hybridized carbons (Fsp3) is 0.571. The summed E-state index contributed by atoms with van der Waals surface area (Å²) in [6, 6.07) is 0. The lowest BCUT2D eigenvalue weighted by Gasteiger charge is -1.87. The molecule has 1 heterocycles. The number of aliphatic imine (C=N–C) groups is 1.